The molecular formula is C19H18F2N4O2. The number of rotatable bonds is 6. The molecule has 0 aliphatic carbocycles. The Morgan fingerprint density at radius 3 is 2.67 bits per heavy atom. The number of fused-ring (bicyclic) bond motifs is 1. The molecule has 27 heavy (non-hydrogen) atoms. The molecule has 0 fully saturated rings. The van der Waals surface area contributed by atoms with E-state index in [1.54, 1.807) is 31.2 Å². The number of amides is 1. The summed E-state index contributed by atoms with van der Waals surface area (Å²) in [7, 11) is 0. The van der Waals surface area contributed by atoms with Crippen LogP contribution in [0.25, 0.3) is 10.9 Å². The molecule has 2 aromatic carbocycles. The highest BCUT2D eigenvalue weighted by atomic mass is 19.2. The van der Waals surface area contributed by atoms with Gasteiger partial charge in [0.25, 0.3) is 5.56 Å². The van der Waals surface area contributed by atoms with Crippen molar-refractivity contribution in [2.75, 3.05) is 0 Å². The molecule has 0 unspecified atom stereocenters. The summed E-state index contributed by atoms with van der Waals surface area (Å²) in [6, 6.07) is 10.1. The van der Waals surface area contributed by atoms with Crippen LogP contribution >= 0.6 is 0 Å². The van der Waals surface area contributed by atoms with Crippen molar-refractivity contribution in [1.82, 2.24) is 14.9 Å². The lowest BCUT2D eigenvalue weighted by Gasteiger charge is -2.17. The van der Waals surface area contributed by atoms with Gasteiger partial charge in [0.05, 0.1) is 17.4 Å². The minimum atomic E-state index is -0.935. The second-order valence-electron chi connectivity index (χ2n) is 6.18. The fourth-order valence-electron chi connectivity index (χ4n) is 2.81. The Kier molecular flexibility index (Phi) is 5.27. The molecule has 3 aromatic rings. The van der Waals surface area contributed by atoms with Crippen LogP contribution in [-0.2, 0) is 17.9 Å². The minimum Gasteiger partial charge on any atom is -0.368 e. The number of nitrogens with one attached hydrogen (secondary N) is 1. The van der Waals surface area contributed by atoms with Gasteiger partial charge in [-0.1, -0.05) is 18.2 Å². The van der Waals surface area contributed by atoms with Gasteiger partial charge in [-0.25, -0.2) is 13.8 Å². The average molecular weight is 372 g/mol. The standard InChI is InChI=1S/C19H18F2N4O2/c1-11(12-6-7-14(20)15(21)8-12)23-9-18-24-16-5-3-2-4-13(16)19(27)25(18)10-17(22)26/h2-8,11,23H,9-10H2,1H3,(H2,22,26)/t11-/m0/s1. The van der Waals surface area contributed by atoms with Gasteiger partial charge in [-0.3, -0.25) is 14.2 Å². The summed E-state index contributed by atoms with van der Waals surface area (Å²) in [5.74, 6) is -2.19. The summed E-state index contributed by atoms with van der Waals surface area (Å²) in [6.45, 7) is 1.60. The van der Waals surface area contributed by atoms with Gasteiger partial charge in [-0.2, -0.15) is 0 Å². The van der Waals surface area contributed by atoms with Gasteiger partial charge in [0.2, 0.25) is 5.91 Å². The number of nitrogens with two attached hydrogens (primary N) is 1. The van der Waals surface area contributed by atoms with Crippen LogP contribution in [-0.4, -0.2) is 15.5 Å². The first kappa shape index (κ1) is 18.7. The summed E-state index contributed by atoms with van der Waals surface area (Å²) in [4.78, 5) is 28.5. The summed E-state index contributed by atoms with van der Waals surface area (Å²) < 4.78 is 27.7. The maximum atomic E-state index is 13.4. The van der Waals surface area contributed by atoms with Crippen molar-refractivity contribution in [2.45, 2.75) is 26.1 Å². The lowest BCUT2D eigenvalue weighted by atomic mass is 10.1. The molecule has 3 rings (SSSR count). The number of hydrogen-bond acceptors (Lipinski definition) is 4. The number of halogens is 2. The highest BCUT2D eigenvalue weighted by molar-refractivity contribution is 5.78. The molecular weight excluding hydrogens is 354 g/mol. The molecule has 6 nitrogen and oxygen atoms in total. The van der Waals surface area contributed by atoms with Gasteiger partial charge in [0.15, 0.2) is 11.6 Å². The van der Waals surface area contributed by atoms with Crippen molar-refractivity contribution in [3.05, 3.63) is 75.8 Å². The number of para-hydroxylation sites is 1. The van der Waals surface area contributed by atoms with Crippen LogP contribution in [0, 0.1) is 11.6 Å². The molecule has 0 spiro atoms. The molecule has 1 heterocycles. The van der Waals surface area contributed by atoms with Crippen LogP contribution < -0.4 is 16.6 Å². The van der Waals surface area contributed by atoms with Crippen molar-refractivity contribution in [2.24, 2.45) is 5.73 Å². The van der Waals surface area contributed by atoms with E-state index in [1.807, 2.05) is 0 Å². The predicted octanol–water partition coefficient (Wildman–Crippen LogP) is 2.01. The lowest BCUT2D eigenvalue weighted by Crippen LogP contribution is -2.33. The molecule has 1 atom stereocenters. The molecule has 0 radical (unpaired) electrons. The van der Waals surface area contributed by atoms with Gasteiger partial charge in [0.1, 0.15) is 12.4 Å². The Bertz CT molecular complexity index is 1070. The molecule has 1 aromatic heterocycles. The van der Waals surface area contributed by atoms with E-state index in [2.05, 4.69) is 10.3 Å². The maximum absolute atomic E-state index is 13.4. The molecule has 1 amide bonds. The highest BCUT2D eigenvalue weighted by Crippen LogP contribution is 2.16. The van der Waals surface area contributed by atoms with E-state index >= 15 is 0 Å². The molecule has 0 aliphatic heterocycles. The highest BCUT2D eigenvalue weighted by Gasteiger charge is 2.14. The smallest absolute Gasteiger partial charge is 0.261 e. The molecule has 0 saturated heterocycles. The number of carbonyl (C=O) groups is 1. The van der Waals surface area contributed by atoms with E-state index < -0.39 is 17.5 Å². The zero-order chi connectivity index (χ0) is 19.6. The number of aromatic nitrogens is 2. The number of benzene rings is 2. The van der Waals surface area contributed by atoms with Gasteiger partial charge < -0.3 is 11.1 Å². The average Bonchev–Trinajstić information content (AvgIpc) is 2.64. The number of carbonyl (C=O) groups excluding carboxylic acids is 1. The van der Waals surface area contributed by atoms with Crippen molar-refractivity contribution in [3.63, 3.8) is 0 Å². The summed E-state index contributed by atoms with van der Waals surface area (Å²) in [5.41, 5.74) is 5.94. The first-order chi connectivity index (χ1) is 12.9. The number of primary amides is 1. The van der Waals surface area contributed by atoms with Gasteiger partial charge in [-0.15, -0.1) is 0 Å². The summed E-state index contributed by atoms with van der Waals surface area (Å²) in [5, 5.41) is 3.49. The topological polar surface area (TPSA) is 90.0 Å². The Morgan fingerprint density at radius 2 is 1.96 bits per heavy atom. The molecule has 8 heteroatoms. The Labute approximate surface area is 153 Å². The summed E-state index contributed by atoms with van der Waals surface area (Å²) >= 11 is 0. The largest absolute Gasteiger partial charge is 0.368 e. The Morgan fingerprint density at radius 1 is 1.22 bits per heavy atom. The SMILES string of the molecule is C[C@H](NCc1nc2ccccc2c(=O)n1CC(N)=O)c1ccc(F)c(F)c1. The Hall–Kier alpha value is -3.13. The van der Waals surface area contributed by atoms with E-state index in [0.717, 1.165) is 12.1 Å². The van der Waals surface area contributed by atoms with Crippen molar-refractivity contribution in [3.8, 4) is 0 Å². The molecule has 0 aliphatic rings. The van der Waals surface area contributed by atoms with Crippen molar-refractivity contribution >= 4 is 16.8 Å². The zero-order valence-corrected chi connectivity index (χ0v) is 14.6. The summed E-state index contributed by atoms with van der Waals surface area (Å²) in [6.07, 6.45) is 0. The number of hydrogen-bond donors (Lipinski definition) is 2. The molecule has 140 valence electrons. The first-order valence-corrected chi connectivity index (χ1v) is 8.32. The number of nitrogens with zero attached hydrogens (tertiary/aromatic N) is 2. The molecule has 3 N–H and O–H groups in total. The molecule has 0 saturated carbocycles. The second kappa shape index (κ2) is 7.63. The lowest BCUT2D eigenvalue weighted by molar-refractivity contribution is -0.118. The normalized spacial score (nSPS) is 12.3. The van der Waals surface area contributed by atoms with Crippen LogP contribution in [0.4, 0.5) is 8.78 Å². The Balaban J connectivity index is 1.92. The van der Waals surface area contributed by atoms with Crippen molar-refractivity contribution < 1.29 is 13.6 Å². The fourth-order valence-corrected chi connectivity index (χ4v) is 2.81. The zero-order valence-electron chi connectivity index (χ0n) is 14.6. The van der Waals surface area contributed by atoms with Crippen LogP contribution in [0.15, 0.2) is 47.3 Å². The van der Waals surface area contributed by atoms with Gasteiger partial charge >= 0.3 is 0 Å². The predicted molar refractivity (Wildman–Crippen MR) is 96.8 cm³/mol. The molecule has 0 bridgehead atoms. The maximum Gasteiger partial charge on any atom is 0.261 e. The monoisotopic (exact) mass is 372 g/mol. The van der Waals surface area contributed by atoms with E-state index in [1.165, 1.54) is 10.6 Å². The van der Waals surface area contributed by atoms with Crippen LogP contribution in [0.1, 0.15) is 24.4 Å². The minimum absolute atomic E-state index is 0.132. The van der Waals surface area contributed by atoms with E-state index in [-0.39, 0.29) is 24.7 Å². The van der Waals surface area contributed by atoms with E-state index in [0.29, 0.717) is 22.3 Å². The fraction of sp³-hybridized carbons (Fsp3) is 0.211. The third kappa shape index (κ3) is 4.01. The third-order valence-electron chi connectivity index (χ3n) is 4.26. The second-order valence-corrected chi connectivity index (χ2v) is 6.18. The van der Waals surface area contributed by atoms with Gasteiger partial charge in [0, 0.05) is 6.04 Å². The van der Waals surface area contributed by atoms with Crippen LogP contribution in [0.2, 0.25) is 0 Å². The third-order valence-corrected chi connectivity index (χ3v) is 4.26. The van der Waals surface area contributed by atoms with Crippen LogP contribution in [0.3, 0.4) is 0 Å². The first-order valence-electron chi connectivity index (χ1n) is 8.32. The van der Waals surface area contributed by atoms with Gasteiger partial charge in [-0.05, 0) is 36.8 Å². The quantitative estimate of drug-likeness (QED) is 0.693. The van der Waals surface area contributed by atoms with Crippen molar-refractivity contribution in [1.29, 1.82) is 0 Å². The van der Waals surface area contributed by atoms with E-state index in [4.69, 9.17) is 5.73 Å². The van der Waals surface area contributed by atoms with Crippen LogP contribution in [0.5, 0.6) is 0 Å². The van der Waals surface area contributed by atoms with E-state index in [9.17, 15) is 18.4 Å².